The zero-order chi connectivity index (χ0) is 25.9. The van der Waals surface area contributed by atoms with E-state index in [9.17, 15) is 18.3 Å². The molecule has 0 heterocycles. The molecule has 0 aliphatic heterocycles. The molecule has 34 heavy (non-hydrogen) atoms. The molecule has 0 aliphatic carbocycles. The summed E-state index contributed by atoms with van der Waals surface area (Å²) in [5.41, 5.74) is 6.22. The van der Waals surface area contributed by atoms with E-state index in [1.807, 2.05) is 32.0 Å². The van der Waals surface area contributed by atoms with E-state index in [-0.39, 0.29) is 13.0 Å². The number of aliphatic hydroxyl groups excluding tert-OH is 1. The fraction of sp³-hybridized carbons (Fsp3) is 0.708. The lowest BCUT2D eigenvalue weighted by Gasteiger charge is -2.29. The number of aliphatic carboxylic acids is 1. The number of aliphatic hydroxyl groups is 1. The van der Waals surface area contributed by atoms with Crippen molar-refractivity contribution in [3.05, 3.63) is 29.8 Å². The molecule has 1 unspecified atom stereocenters. The first-order valence-electron chi connectivity index (χ1n) is 11.9. The summed E-state index contributed by atoms with van der Waals surface area (Å²) in [5.74, 6) is 0.0353. The minimum absolute atomic E-state index is 0.00411. The second-order valence-corrected chi connectivity index (χ2v) is 11.8. The van der Waals surface area contributed by atoms with Gasteiger partial charge in [0.1, 0.15) is 12.0 Å². The highest BCUT2D eigenvalue weighted by molar-refractivity contribution is 7.87. The Labute approximate surface area is 204 Å². The lowest BCUT2D eigenvalue weighted by Crippen LogP contribution is -2.51. The third-order valence-electron chi connectivity index (χ3n) is 5.02. The van der Waals surface area contributed by atoms with Crippen molar-refractivity contribution in [2.75, 3.05) is 13.1 Å². The molecule has 0 amide bonds. The van der Waals surface area contributed by atoms with Gasteiger partial charge >= 0.3 is 5.97 Å². The van der Waals surface area contributed by atoms with E-state index < -0.39 is 34.0 Å². The summed E-state index contributed by atoms with van der Waals surface area (Å²) >= 11 is 0. The van der Waals surface area contributed by atoms with Crippen molar-refractivity contribution in [3.63, 3.8) is 0 Å². The van der Waals surface area contributed by atoms with Crippen LogP contribution in [-0.2, 0) is 21.4 Å². The third-order valence-corrected chi connectivity index (χ3v) is 6.90. The van der Waals surface area contributed by atoms with Crippen LogP contribution in [0.1, 0.15) is 72.3 Å². The zero-order valence-electron chi connectivity index (χ0n) is 21.2. The second kappa shape index (κ2) is 14.0. The highest BCUT2D eigenvalue weighted by Gasteiger charge is 2.28. The van der Waals surface area contributed by atoms with E-state index in [2.05, 4.69) is 4.72 Å². The van der Waals surface area contributed by atoms with Crippen LogP contribution < -0.4 is 15.2 Å². The zero-order valence-corrected chi connectivity index (χ0v) is 22.0. The summed E-state index contributed by atoms with van der Waals surface area (Å²) in [6.07, 6.45) is 0.876. The van der Waals surface area contributed by atoms with Crippen LogP contribution in [-0.4, -0.2) is 59.9 Å². The molecule has 0 aliphatic rings. The van der Waals surface area contributed by atoms with E-state index in [0.29, 0.717) is 50.3 Å². The highest BCUT2D eigenvalue weighted by Crippen LogP contribution is 2.22. The number of carboxylic acids is 1. The molecule has 0 bridgehead atoms. The van der Waals surface area contributed by atoms with Crippen molar-refractivity contribution < 1.29 is 28.2 Å². The third kappa shape index (κ3) is 12.7. The number of carboxylic acid groups (broad SMARTS) is 1. The van der Waals surface area contributed by atoms with Gasteiger partial charge in [0.05, 0.1) is 6.10 Å². The van der Waals surface area contributed by atoms with Gasteiger partial charge in [-0.05, 0) is 70.4 Å². The summed E-state index contributed by atoms with van der Waals surface area (Å²) < 4.78 is 35.6. The first kappa shape index (κ1) is 30.3. The summed E-state index contributed by atoms with van der Waals surface area (Å²) in [6, 6.07) is 7.33. The Morgan fingerprint density at radius 2 is 1.82 bits per heavy atom. The van der Waals surface area contributed by atoms with Crippen molar-refractivity contribution in [3.8, 4) is 5.75 Å². The number of nitrogens with one attached hydrogen (secondary N) is 1. The van der Waals surface area contributed by atoms with Gasteiger partial charge in [-0.15, -0.1) is 0 Å². The van der Waals surface area contributed by atoms with Crippen LogP contribution in [0.3, 0.4) is 0 Å². The first-order valence-corrected chi connectivity index (χ1v) is 13.3. The van der Waals surface area contributed by atoms with Gasteiger partial charge in [-0.1, -0.05) is 32.0 Å². The number of nitrogens with two attached hydrogens (primary N) is 1. The molecule has 0 saturated heterocycles. The van der Waals surface area contributed by atoms with Crippen LogP contribution in [0.2, 0.25) is 0 Å². The molecule has 1 rings (SSSR count). The van der Waals surface area contributed by atoms with Gasteiger partial charge in [0.2, 0.25) is 0 Å². The van der Waals surface area contributed by atoms with Crippen molar-refractivity contribution in [1.82, 2.24) is 9.03 Å². The van der Waals surface area contributed by atoms with Crippen molar-refractivity contribution in [2.45, 2.75) is 91.0 Å². The first-order chi connectivity index (χ1) is 15.7. The van der Waals surface area contributed by atoms with Gasteiger partial charge in [0, 0.05) is 25.0 Å². The molecule has 10 heteroatoms. The molecule has 0 fully saturated rings. The minimum Gasteiger partial charge on any atom is -0.481 e. The quantitative estimate of drug-likeness (QED) is 0.255. The van der Waals surface area contributed by atoms with E-state index in [1.54, 1.807) is 26.8 Å². The Balaban J connectivity index is 2.77. The Kier molecular flexibility index (Phi) is 12.5. The molecule has 196 valence electrons. The lowest BCUT2D eigenvalue weighted by atomic mass is 10.1. The predicted octanol–water partition coefficient (Wildman–Crippen LogP) is 2.88. The van der Waals surface area contributed by atoms with E-state index in [1.165, 1.54) is 4.31 Å². The topological polar surface area (TPSA) is 142 Å². The van der Waals surface area contributed by atoms with Gasteiger partial charge in [-0.25, -0.2) is 0 Å². The number of nitrogens with zero attached hydrogens (tertiary/aromatic N) is 1. The molecule has 1 aromatic rings. The number of aryl methyl sites for hydroxylation is 1. The predicted molar refractivity (Wildman–Crippen MR) is 134 cm³/mol. The average Bonchev–Trinajstić information content (AvgIpc) is 2.68. The summed E-state index contributed by atoms with van der Waals surface area (Å²) in [7, 11) is -3.75. The van der Waals surface area contributed by atoms with Gasteiger partial charge in [-0.2, -0.15) is 17.4 Å². The second-order valence-electron chi connectivity index (χ2n) is 10.1. The van der Waals surface area contributed by atoms with Crippen LogP contribution in [0.5, 0.6) is 5.75 Å². The maximum Gasteiger partial charge on any atom is 0.303 e. The normalized spacial score (nSPS) is 14.4. The number of hydrogen-bond donors (Lipinski definition) is 4. The monoisotopic (exact) mass is 501 g/mol. The Hall–Kier alpha value is -1.72. The van der Waals surface area contributed by atoms with Crippen LogP contribution >= 0.6 is 0 Å². The van der Waals surface area contributed by atoms with Crippen molar-refractivity contribution in [2.24, 2.45) is 11.7 Å². The fourth-order valence-electron chi connectivity index (χ4n) is 3.31. The number of ether oxygens (including phenoxy) is 1. The van der Waals surface area contributed by atoms with Gasteiger partial charge in [0.25, 0.3) is 10.2 Å². The molecule has 0 spiro atoms. The van der Waals surface area contributed by atoms with E-state index in [0.717, 1.165) is 5.56 Å². The molecule has 2 atom stereocenters. The summed E-state index contributed by atoms with van der Waals surface area (Å²) in [6.45, 7) is 9.73. The smallest absolute Gasteiger partial charge is 0.303 e. The van der Waals surface area contributed by atoms with Crippen LogP contribution in [0.4, 0.5) is 0 Å². The van der Waals surface area contributed by atoms with Crippen molar-refractivity contribution in [1.29, 1.82) is 0 Å². The number of para-hydroxylation sites is 1. The van der Waals surface area contributed by atoms with Gasteiger partial charge in [-0.3, -0.25) is 10.5 Å². The molecule has 0 aromatic heterocycles. The van der Waals surface area contributed by atoms with Crippen molar-refractivity contribution >= 4 is 16.2 Å². The van der Waals surface area contributed by atoms with Crippen LogP contribution in [0, 0.1) is 5.92 Å². The van der Waals surface area contributed by atoms with Crippen LogP contribution in [0.25, 0.3) is 0 Å². The molecular weight excluding hydrogens is 458 g/mol. The Morgan fingerprint density at radius 1 is 1.18 bits per heavy atom. The average molecular weight is 502 g/mol. The molecular formula is C24H43N3O6S. The molecule has 0 radical (unpaired) electrons. The SMILES string of the molecule is CC(C)CCN(C[C@@H](O)CCc1ccccc1OC(N)CCCC(=O)O)S(=O)(=O)NC(C)(C)C. The molecule has 1 aromatic carbocycles. The van der Waals surface area contributed by atoms with Gasteiger partial charge in [0.15, 0.2) is 0 Å². The molecule has 9 nitrogen and oxygen atoms in total. The van der Waals surface area contributed by atoms with Gasteiger partial charge < -0.3 is 14.9 Å². The fourth-order valence-corrected chi connectivity index (χ4v) is 4.93. The minimum atomic E-state index is -3.75. The molecule has 0 saturated carbocycles. The number of rotatable bonds is 16. The van der Waals surface area contributed by atoms with E-state index in [4.69, 9.17) is 15.6 Å². The standard InChI is InChI=1S/C24H43N3O6S/c1-18(2)15-16-27(34(31,32)26-24(3,4)5)17-20(28)14-13-19-9-6-7-10-21(19)33-22(25)11-8-12-23(29)30/h6-7,9-10,18,20,22,26,28H,8,11-17,25H2,1-5H3,(H,29,30)/t20-,22?/m0/s1. The highest BCUT2D eigenvalue weighted by atomic mass is 32.2. The van der Waals surface area contributed by atoms with Crippen LogP contribution in [0.15, 0.2) is 24.3 Å². The summed E-state index contributed by atoms with van der Waals surface area (Å²) in [5, 5.41) is 19.5. The maximum atomic E-state index is 12.9. The number of hydrogen-bond acceptors (Lipinski definition) is 6. The number of benzene rings is 1. The summed E-state index contributed by atoms with van der Waals surface area (Å²) in [4.78, 5) is 10.7. The maximum absolute atomic E-state index is 12.9. The lowest BCUT2D eigenvalue weighted by molar-refractivity contribution is -0.137. The van der Waals surface area contributed by atoms with E-state index >= 15 is 0 Å². The molecule has 5 N–H and O–H groups in total. The number of carbonyl (C=O) groups is 1. The Morgan fingerprint density at radius 3 is 2.41 bits per heavy atom. The Bertz CT molecular complexity index is 855. The largest absolute Gasteiger partial charge is 0.481 e.